The number of hydrogen-bond acceptors (Lipinski definition) is 4. The van der Waals surface area contributed by atoms with Crippen LogP contribution >= 0.6 is 0 Å². The lowest BCUT2D eigenvalue weighted by Gasteiger charge is -2.13. The Balaban J connectivity index is 1.64. The van der Waals surface area contributed by atoms with E-state index in [1.54, 1.807) is 18.2 Å². The molecule has 1 N–H and O–H groups in total. The maximum atomic E-state index is 12.4. The van der Waals surface area contributed by atoms with E-state index < -0.39 is 10.0 Å². The van der Waals surface area contributed by atoms with Crippen LogP contribution in [0.4, 0.5) is 0 Å². The highest BCUT2D eigenvalue weighted by Gasteiger charge is 2.19. The van der Waals surface area contributed by atoms with Gasteiger partial charge in [0.2, 0.25) is 15.9 Å². The van der Waals surface area contributed by atoms with Gasteiger partial charge in [-0.3, -0.25) is 4.79 Å². The van der Waals surface area contributed by atoms with E-state index in [9.17, 15) is 13.2 Å². The number of sulfonamides is 1. The van der Waals surface area contributed by atoms with Crippen molar-refractivity contribution in [2.45, 2.75) is 30.6 Å². The smallest absolute Gasteiger partial charge is 0.242 e. The van der Waals surface area contributed by atoms with Gasteiger partial charge in [-0.25, -0.2) is 17.7 Å². The molecule has 0 aliphatic carbocycles. The number of carbonyl (C=O) groups is 1. The zero-order valence-electron chi connectivity index (χ0n) is 17.8. The topological polar surface area (TPSA) is 84.3 Å². The third-order valence-corrected chi connectivity index (χ3v) is 7.08. The van der Waals surface area contributed by atoms with Gasteiger partial charge in [0.05, 0.1) is 15.9 Å². The number of rotatable bonds is 8. The number of carbonyl (C=O) groups excluding carboxylic acids is 1. The number of fused-ring (bicyclic) bond motifs is 1. The van der Waals surface area contributed by atoms with E-state index >= 15 is 0 Å². The van der Waals surface area contributed by atoms with Crippen molar-refractivity contribution in [2.24, 2.45) is 7.05 Å². The molecule has 1 atom stereocenters. The molecule has 160 valence electrons. The average molecular weight is 429 g/mol. The lowest BCUT2D eigenvalue weighted by molar-refractivity contribution is -0.121. The summed E-state index contributed by atoms with van der Waals surface area (Å²) in [5.41, 5.74) is 2.63. The van der Waals surface area contributed by atoms with E-state index in [0.717, 1.165) is 11.3 Å². The Morgan fingerprint density at radius 1 is 1.17 bits per heavy atom. The largest absolute Gasteiger partial charge is 0.355 e. The Bertz CT molecular complexity index is 1140. The Morgan fingerprint density at radius 3 is 2.53 bits per heavy atom. The van der Waals surface area contributed by atoms with Crippen molar-refractivity contribution in [3.63, 3.8) is 0 Å². The van der Waals surface area contributed by atoms with Gasteiger partial charge in [-0.15, -0.1) is 0 Å². The first kappa shape index (κ1) is 22.0. The second-order valence-electron chi connectivity index (χ2n) is 7.64. The number of nitrogens with one attached hydrogen (secondary N) is 1. The van der Waals surface area contributed by atoms with Crippen molar-refractivity contribution in [3.8, 4) is 0 Å². The molecule has 1 heterocycles. The van der Waals surface area contributed by atoms with Crippen LogP contribution in [-0.2, 0) is 28.3 Å². The van der Waals surface area contributed by atoms with E-state index in [4.69, 9.17) is 0 Å². The van der Waals surface area contributed by atoms with Gasteiger partial charge in [-0.05, 0) is 29.7 Å². The first-order chi connectivity index (χ1) is 14.2. The van der Waals surface area contributed by atoms with Gasteiger partial charge in [0.25, 0.3) is 0 Å². The van der Waals surface area contributed by atoms with Crippen LogP contribution in [0.15, 0.2) is 53.4 Å². The lowest BCUT2D eigenvalue weighted by Crippen LogP contribution is -2.27. The quantitative estimate of drug-likeness (QED) is 0.598. The van der Waals surface area contributed by atoms with E-state index in [2.05, 4.69) is 29.4 Å². The van der Waals surface area contributed by atoms with E-state index in [-0.39, 0.29) is 16.7 Å². The molecule has 3 rings (SSSR count). The maximum absolute atomic E-state index is 12.4. The van der Waals surface area contributed by atoms with Crippen LogP contribution in [-0.4, -0.2) is 48.8 Å². The van der Waals surface area contributed by atoms with Crippen LogP contribution in [0.3, 0.4) is 0 Å². The maximum Gasteiger partial charge on any atom is 0.242 e. The predicted molar refractivity (Wildman–Crippen MR) is 118 cm³/mol. The van der Waals surface area contributed by atoms with Crippen molar-refractivity contribution in [1.82, 2.24) is 19.2 Å². The summed E-state index contributed by atoms with van der Waals surface area (Å²) in [5, 5.41) is 2.99. The molecule has 2 aromatic carbocycles. The number of nitrogens with zero attached hydrogens (tertiary/aromatic N) is 3. The first-order valence-corrected chi connectivity index (χ1v) is 11.3. The summed E-state index contributed by atoms with van der Waals surface area (Å²) in [5.74, 6) is 0.958. The third kappa shape index (κ3) is 4.71. The summed E-state index contributed by atoms with van der Waals surface area (Å²) in [6.07, 6.45) is 0.800. The van der Waals surface area contributed by atoms with Crippen LogP contribution in [0.5, 0.6) is 0 Å². The molecule has 0 spiro atoms. The normalized spacial score (nSPS) is 13.0. The van der Waals surface area contributed by atoms with Gasteiger partial charge >= 0.3 is 0 Å². The molecule has 1 aromatic heterocycles. The molecule has 0 bridgehead atoms. The summed E-state index contributed by atoms with van der Waals surface area (Å²) < 4.78 is 27.8. The fraction of sp³-hybridized carbons (Fsp3) is 0.364. The Morgan fingerprint density at radius 2 is 1.87 bits per heavy atom. The van der Waals surface area contributed by atoms with Crippen molar-refractivity contribution in [2.75, 3.05) is 20.6 Å². The minimum absolute atomic E-state index is 0.0271. The molecule has 0 aliphatic heterocycles. The number of hydrogen-bond donors (Lipinski definition) is 1. The Labute approximate surface area is 177 Å². The lowest BCUT2D eigenvalue weighted by atomic mass is 10.0. The predicted octanol–water partition coefficient (Wildman–Crippen LogP) is 2.68. The molecular formula is C22H28N4O3S. The fourth-order valence-corrected chi connectivity index (χ4v) is 4.23. The molecule has 0 radical (unpaired) electrons. The number of aromatic nitrogens is 2. The monoisotopic (exact) mass is 428 g/mol. The number of amides is 1. The SMILES string of the molecule is CC(CNC(=O)CCc1nc2cc(S(=O)(=O)N(C)C)ccc2n1C)c1ccccc1. The molecule has 7 nitrogen and oxygen atoms in total. The van der Waals surface area contributed by atoms with Gasteiger partial charge in [0.1, 0.15) is 5.82 Å². The van der Waals surface area contributed by atoms with Crippen LogP contribution in [0.1, 0.15) is 30.7 Å². The summed E-state index contributed by atoms with van der Waals surface area (Å²) >= 11 is 0. The molecule has 0 aliphatic rings. The summed E-state index contributed by atoms with van der Waals surface area (Å²) in [4.78, 5) is 17.1. The minimum atomic E-state index is -3.52. The zero-order valence-corrected chi connectivity index (χ0v) is 18.6. The molecule has 0 saturated carbocycles. The highest BCUT2D eigenvalue weighted by Crippen LogP contribution is 2.22. The third-order valence-electron chi connectivity index (χ3n) is 5.27. The van der Waals surface area contributed by atoms with Crippen molar-refractivity contribution >= 4 is 27.0 Å². The number of benzene rings is 2. The van der Waals surface area contributed by atoms with Crippen molar-refractivity contribution < 1.29 is 13.2 Å². The standard InChI is InChI=1S/C22H28N4O3S/c1-16(17-8-6-5-7-9-17)15-23-22(27)13-12-21-24-19-14-18(30(28,29)25(2)3)10-11-20(19)26(21)4/h5-11,14,16H,12-13,15H2,1-4H3,(H,23,27). The molecule has 8 heteroatoms. The summed E-state index contributed by atoms with van der Waals surface area (Å²) in [6, 6.07) is 15.0. The molecule has 30 heavy (non-hydrogen) atoms. The molecule has 0 saturated heterocycles. The molecule has 1 amide bonds. The van der Waals surface area contributed by atoms with Gasteiger partial charge in [0, 0.05) is 40.5 Å². The highest BCUT2D eigenvalue weighted by molar-refractivity contribution is 7.89. The molecule has 0 fully saturated rings. The van der Waals surface area contributed by atoms with E-state index in [1.807, 2.05) is 29.8 Å². The van der Waals surface area contributed by atoms with Gasteiger partial charge in [-0.1, -0.05) is 37.3 Å². The number of imidazole rings is 1. The van der Waals surface area contributed by atoms with Crippen molar-refractivity contribution in [1.29, 1.82) is 0 Å². The highest BCUT2D eigenvalue weighted by atomic mass is 32.2. The minimum Gasteiger partial charge on any atom is -0.355 e. The first-order valence-electron chi connectivity index (χ1n) is 9.89. The van der Waals surface area contributed by atoms with Crippen LogP contribution in [0.25, 0.3) is 11.0 Å². The number of aryl methyl sites for hydroxylation is 2. The zero-order chi connectivity index (χ0) is 21.9. The second kappa shape index (κ2) is 8.97. The summed E-state index contributed by atoms with van der Waals surface area (Å²) in [6.45, 7) is 2.66. The van der Waals surface area contributed by atoms with Gasteiger partial charge < -0.3 is 9.88 Å². The van der Waals surface area contributed by atoms with Crippen LogP contribution in [0.2, 0.25) is 0 Å². The average Bonchev–Trinajstić information content (AvgIpc) is 3.06. The summed E-state index contributed by atoms with van der Waals surface area (Å²) in [7, 11) is 1.36. The second-order valence-corrected chi connectivity index (χ2v) is 9.79. The van der Waals surface area contributed by atoms with Crippen molar-refractivity contribution in [3.05, 3.63) is 59.9 Å². The van der Waals surface area contributed by atoms with Crippen LogP contribution < -0.4 is 5.32 Å². The fourth-order valence-electron chi connectivity index (χ4n) is 3.30. The molecular weight excluding hydrogens is 400 g/mol. The molecule has 3 aromatic rings. The van der Waals surface area contributed by atoms with Gasteiger partial charge in [-0.2, -0.15) is 0 Å². The molecule has 1 unspecified atom stereocenters. The van der Waals surface area contributed by atoms with E-state index in [0.29, 0.717) is 24.9 Å². The van der Waals surface area contributed by atoms with Gasteiger partial charge in [0.15, 0.2) is 0 Å². The van der Waals surface area contributed by atoms with E-state index in [1.165, 1.54) is 24.0 Å². The Kier molecular flexibility index (Phi) is 6.58. The van der Waals surface area contributed by atoms with Crippen LogP contribution in [0, 0.1) is 0 Å². The Hall–Kier alpha value is -2.71.